The number of anilines is 1. The van der Waals surface area contributed by atoms with Gasteiger partial charge >= 0.3 is 0 Å². The number of carbonyl (C=O) groups is 1. The predicted molar refractivity (Wildman–Crippen MR) is 62.0 cm³/mol. The number of nitrogens with zero attached hydrogens (tertiary/aromatic N) is 3. The predicted octanol–water partition coefficient (Wildman–Crippen LogP) is 0.699. The Kier molecular flexibility index (Phi) is 2.96. The van der Waals surface area contributed by atoms with Crippen LogP contribution in [0.1, 0.15) is 13.3 Å². The molecule has 0 aliphatic carbocycles. The van der Waals surface area contributed by atoms with E-state index in [9.17, 15) is 4.79 Å². The fourth-order valence-corrected chi connectivity index (χ4v) is 2.27. The molecular weight excluding hydrogens is 204 g/mol. The maximum absolute atomic E-state index is 12.0. The molecule has 0 spiro atoms. The minimum absolute atomic E-state index is 0.00444. The molecule has 1 fully saturated rings. The number of hydrogen-bond donors (Lipinski definition) is 1. The second kappa shape index (κ2) is 4.25. The summed E-state index contributed by atoms with van der Waals surface area (Å²) in [6.45, 7) is 3.17. The molecule has 2 atom stereocenters. The molecule has 2 rings (SSSR count). The highest BCUT2D eigenvalue weighted by atomic mass is 16.2. The third kappa shape index (κ3) is 2.24. The zero-order chi connectivity index (χ0) is 11.7. The van der Waals surface area contributed by atoms with E-state index in [2.05, 4.69) is 22.2 Å². The number of hydrogen-bond acceptors (Lipinski definition) is 3. The van der Waals surface area contributed by atoms with Crippen molar-refractivity contribution in [3.63, 3.8) is 0 Å². The minimum Gasteiger partial charge on any atom is -0.322 e. The molecule has 0 radical (unpaired) electrons. The molecule has 1 unspecified atom stereocenters. The largest absolute Gasteiger partial charge is 0.322 e. The first-order chi connectivity index (χ1) is 7.56. The summed E-state index contributed by atoms with van der Waals surface area (Å²) in [6, 6.07) is -0.00444. The number of rotatable bonds is 2. The van der Waals surface area contributed by atoms with Crippen molar-refractivity contribution in [2.24, 2.45) is 13.0 Å². The van der Waals surface area contributed by atoms with Gasteiger partial charge in [-0.25, -0.2) is 0 Å². The van der Waals surface area contributed by atoms with Gasteiger partial charge in [0.1, 0.15) is 0 Å². The Labute approximate surface area is 95.4 Å². The summed E-state index contributed by atoms with van der Waals surface area (Å²) < 4.78 is 1.68. The van der Waals surface area contributed by atoms with E-state index in [4.69, 9.17) is 0 Å². The van der Waals surface area contributed by atoms with Gasteiger partial charge in [0, 0.05) is 19.8 Å². The van der Waals surface area contributed by atoms with Gasteiger partial charge in [-0.2, -0.15) is 5.10 Å². The van der Waals surface area contributed by atoms with Crippen molar-refractivity contribution in [2.75, 3.05) is 18.9 Å². The molecule has 1 N–H and O–H groups in total. The van der Waals surface area contributed by atoms with Crippen LogP contribution in [-0.4, -0.2) is 40.2 Å². The van der Waals surface area contributed by atoms with E-state index in [1.807, 2.05) is 14.1 Å². The molecule has 1 aromatic heterocycles. The number of aryl methyl sites for hydroxylation is 1. The van der Waals surface area contributed by atoms with Crippen molar-refractivity contribution in [3.8, 4) is 0 Å². The average molecular weight is 222 g/mol. The number of likely N-dealkylation sites (N-methyl/N-ethyl adjacent to an activating group) is 1. The van der Waals surface area contributed by atoms with Crippen LogP contribution in [0.5, 0.6) is 0 Å². The number of aromatic nitrogens is 2. The summed E-state index contributed by atoms with van der Waals surface area (Å²) in [5.41, 5.74) is 0.764. The third-order valence-corrected chi connectivity index (χ3v) is 3.03. The highest BCUT2D eigenvalue weighted by Crippen LogP contribution is 2.22. The summed E-state index contributed by atoms with van der Waals surface area (Å²) in [6.07, 6.45) is 4.40. The Morgan fingerprint density at radius 1 is 1.56 bits per heavy atom. The normalized spacial score (nSPS) is 25.9. The van der Waals surface area contributed by atoms with Gasteiger partial charge < -0.3 is 5.32 Å². The molecule has 0 bridgehead atoms. The molecule has 88 valence electrons. The summed E-state index contributed by atoms with van der Waals surface area (Å²) in [5, 5.41) is 6.91. The molecule has 0 saturated carbocycles. The molecule has 1 aliphatic rings. The van der Waals surface area contributed by atoms with Crippen LogP contribution >= 0.6 is 0 Å². The summed E-state index contributed by atoms with van der Waals surface area (Å²) in [7, 11) is 3.83. The molecule has 1 amide bonds. The van der Waals surface area contributed by atoms with E-state index in [0.29, 0.717) is 5.92 Å². The van der Waals surface area contributed by atoms with Crippen LogP contribution < -0.4 is 5.32 Å². The first-order valence-corrected chi connectivity index (χ1v) is 5.56. The van der Waals surface area contributed by atoms with E-state index in [1.54, 1.807) is 17.1 Å². The highest BCUT2D eigenvalue weighted by molar-refractivity contribution is 5.94. The SMILES string of the molecule is CC1C[C@@H](C(=O)Nc2cnn(C)c2)N(C)C1. The maximum atomic E-state index is 12.0. The fraction of sp³-hybridized carbons (Fsp3) is 0.636. The molecule has 2 heterocycles. The van der Waals surface area contributed by atoms with Crippen molar-refractivity contribution < 1.29 is 4.79 Å². The van der Waals surface area contributed by atoms with Gasteiger partial charge in [-0.1, -0.05) is 6.92 Å². The summed E-state index contributed by atoms with van der Waals surface area (Å²) in [5.74, 6) is 0.662. The zero-order valence-corrected chi connectivity index (χ0v) is 9.97. The van der Waals surface area contributed by atoms with Gasteiger partial charge in [0.2, 0.25) is 5.91 Å². The van der Waals surface area contributed by atoms with Gasteiger partial charge in [-0.3, -0.25) is 14.4 Å². The van der Waals surface area contributed by atoms with Crippen LogP contribution in [0.4, 0.5) is 5.69 Å². The van der Waals surface area contributed by atoms with Gasteiger partial charge in [-0.15, -0.1) is 0 Å². The van der Waals surface area contributed by atoms with E-state index in [1.165, 1.54) is 0 Å². The first-order valence-electron chi connectivity index (χ1n) is 5.56. The Bertz CT molecular complexity index is 387. The van der Waals surface area contributed by atoms with Crippen molar-refractivity contribution >= 4 is 11.6 Å². The van der Waals surface area contributed by atoms with Crippen molar-refractivity contribution in [1.29, 1.82) is 0 Å². The molecule has 0 aromatic carbocycles. The Morgan fingerprint density at radius 2 is 2.31 bits per heavy atom. The smallest absolute Gasteiger partial charge is 0.241 e. The minimum atomic E-state index is -0.00444. The summed E-state index contributed by atoms with van der Waals surface area (Å²) >= 11 is 0. The van der Waals surface area contributed by atoms with Gasteiger partial charge in [-0.05, 0) is 19.4 Å². The van der Waals surface area contributed by atoms with Crippen molar-refractivity contribution in [2.45, 2.75) is 19.4 Å². The fourth-order valence-electron chi connectivity index (χ4n) is 2.27. The third-order valence-electron chi connectivity index (χ3n) is 3.03. The standard InChI is InChI=1S/C11H18N4O/c1-8-4-10(14(2)6-8)11(16)13-9-5-12-15(3)7-9/h5,7-8,10H,4,6H2,1-3H3,(H,13,16)/t8?,10-/m0/s1. The van der Waals surface area contributed by atoms with Crippen LogP contribution in [0.3, 0.4) is 0 Å². The van der Waals surface area contributed by atoms with Gasteiger partial charge in [0.15, 0.2) is 0 Å². The Morgan fingerprint density at radius 3 is 2.81 bits per heavy atom. The van der Waals surface area contributed by atoms with Crippen LogP contribution in [0, 0.1) is 5.92 Å². The van der Waals surface area contributed by atoms with Gasteiger partial charge in [0.25, 0.3) is 0 Å². The lowest BCUT2D eigenvalue weighted by Crippen LogP contribution is -2.36. The number of carbonyl (C=O) groups excluding carboxylic acids is 1. The molecule has 1 saturated heterocycles. The van der Waals surface area contributed by atoms with Gasteiger partial charge in [0.05, 0.1) is 17.9 Å². The van der Waals surface area contributed by atoms with Crippen molar-refractivity contribution in [3.05, 3.63) is 12.4 Å². The summed E-state index contributed by atoms with van der Waals surface area (Å²) in [4.78, 5) is 14.1. The lowest BCUT2D eigenvalue weighted by atomic mass is 10.1. The molecular formula is C11H18N4O. The second-order valence-electron chi connectivity index (χ2n) is 4.69. The quantitative estimate of drug-likeness (QED) is 0.801. The molecule has 1 aliphatic heterocycles. The van der Waals surface area contributed by atoms with Crippen LogP contribution in [-0.2, 0) is 11.8 Å². The maximum Gasteiger partial charge on any atom is 0.241 e. The first kappa shape index (κ1) is 11.1. The lowest BCUT2D eigenvalue weighted by Gasteiger charge is -2.17. The highest BCUT2D eigenvalue weighted by Gasteiger charge is 2.32. The monoisotopic (exact) mass is 222 g/mol. The molecule has 16 heavy (non-hydrogen) atoms. The van der Waals surface area contributed by atoms with E-state index >= 15 is 0 Å². The zero-order valence-electron chi connectivity index (χ0n) is 9.97. The topological polar surface area (TPSA) is 50.2 Å². The average Bonchev–Trinajstić information content (AvgIpc) is 2.73. The van der Waals surface area contributed by atoms with E-state index < -0.39 is 0 Å². The van der Waals surface area contributed by atoms with Crippen LogP contribution in [0.15, 0.2) is 12.4 Å². The lowest BCUT2D eigenvalue weighted by molar-refractivity contribution is -0.119. The van der Waals surface area contributed by atoms with E-state index in [0.717, 1.165) is 18.7 Å². The molecule has 5 heteroatoms. The van der Waals surface area contributed by atoms with E-state index in [-0.39, 0.29) is 11.9 Å². The van der Waals surface area contributed by atoms with Crippen molar-refractivity contribution in [1.82, 2.24) is 14.7 Å². The molecule has 5 nitrogen and oxygen atoms in total. The second-order valence-corrected chi connectivity index (χ2v) is 4.69. The van der Waals surface area contributed by atoms with Crippen LogP contribution in [0.25, 0.3) is 0 Å². The number of likely N-dealkylation sites (tertiary alicyclic amines) is 1. The Hall–Kier alpha value is -1.36. The van der Waals surface area contributed by atoms with Crippen LogP contribution in [0.2, 0.25) is 0 Å². The number of nitrogens with one attached hydrogen (secondary N) is 1. The molecule has 1 aromatic rings. The Balaban J connectivity index is 1.98. The number of amides is 1.